The molecule has 1 saturated heterocycles. The zero-order valence-electron chi connectivity index (χ0n) is 17.2. The molecule has 0 saturated carbocycles. The van der Waals surface area contributed by atoms with Gasteiger partial charge in [-0.25, -0.2) is 13.1 Å². The van der Waals surface area contributed by atoms with Gasteiger partial charge < -0.3 is 10.1 Å². The van der Waals surface area contributed by atoms with E-state index in [1.165, 1.54) is 4.31 Å². The topological polar surface area (TPSA) is 106 Å². The highest BCUT2D eigenvalue weighted by Crippen LogP contribution is 2.26. The first-order chi connectivity index (χ1) is 13.9. The summed E-state index contributed by atoms with van der Waals surface area (Å²) in [5, 5.41) is 11.1. The maximum Gasteiger partial charge on any atom is 0.243 e. The zero-order chi connectivity index (χ0) is 21.0. The van der Waals surface area contributed by atoms with Crippen LogP contribution in [0.25, 0.3) is 11.0 Å². The highest BCUT2D eigenvalue weighted by molar-refractivity contribution is 7.89. The van der Waals surface area contributed by atoms with Crippen LogP contribution >= 0.6 is 0 Å². The molecule has 1 unspecified atom stereocenters. The first-order valence-corrected chi connectivity index (χ1v) is 11.4. The second kappa shape index (κ2) is 9.19. The van der Waals surface area contributed by atoms with Gasteiger partial charge >= 0.3 is 0 Å². The van der Waals surface area contributed by atoms with Gasteiger partial charge in [-0.3, -0.25) is 4.79 Å². The van der Waals surface area contributed by atoms with E-state index in [-0.39, 0.29) is 22.8 Å². The molecule has 1 aliphatic heterocycles. The lowest BCUT2D eigenvalue weighted by atomic mass is 9.97. The van der Waals surface area contributed by atoms with Gasteiger partial charge in [0.25, 0.3) is 0 Å². The fourth-order valence-corrected chi connectivity index (χ4v) is 5.00. The average Bonchev–Trinajstić information content (AvgIpc) is 3.16. The molecule has 1 aromatic carbocycles. The number of amides is 1. The zero-order valence-corrected chi connectivity index (χ0v) is 18.0. The quantitative estimate of drug-likeness (QED) is 0.646. The van der Waals surface area contributed by atoms with Gasteiger partial charge in [-0.15, -0.1) is 5.10 Å². The number of carbonyl (C=O) groups is 1. The molecule has 1 atom stereocenters. The molecule has 9 nitrogen and oxygen atoms in total. The molecule has 0 spiro atoms. The van der Waals surface area contributed by atoms with E-state index in [0.29, 0.717) is 44.6 Å². The molecular weight excluding hydrogens is 394 g/mol. The maximum atomic E-state index is 13.1. The van der Waals surface area contributed by atoms with E-state index < -0.39 is 10.0 Å². The van der Waals surface area contributed by atoms with Crippen LogP contribution in [0, 0.1) is 5.92 Å². The summed E-state index contributed by atoms with van der Waals surface area (Å²) in [5.74, 6) is -0.210. The molecule has 1 aliphatic rings. The Kier molecular flexibility index (Phi) is 6.86. The molecule has 29 heavy (non-hydrogen) atoms. The number of methoxy groups -OCH3 is 1. The fourth-order valence-electron chi connectivity index (χ4n) is 3.51. The van der Waals surface area contributed by atoms with E-state index in [1.54, 1.807) is 25.3 Å². The van der Waals surface area contributed by atoms with Crippen LogP contribution in [0.2, 0.25) is 0 Å². The number of ether oxygens (including phenoxy) is 1. The molecule has 0 bridgehead atoms. The number of carbonyl (C=O) groups excluding carboxylic acids is 1. The van der Waals surface area contributed by atoms with Crippen LogP contribution in [0.15, 0.2) is 23.1 Å². The van der Waals surface area contributed by atoms with Crippen molar-refractivity contribution in [3.05, 3.63) is 18.2 Å². The lowest BCUT2D eigenvalue weighted by Gasteiger charge is -2.30. The second-order valence-electron chi connectivity index (χ2n) is 7.40. The van der Waals surface area contributed by atoms with Gasteiger partial charge in [-0.2, -0.15) is 4.31 Å². The number of rotatable bonds is 8. The molecule has 2 aromatic rings. The van der Waals surface area contributed by atoms with E-state index in [9.17, 15) is 13.2 Å². The smallest absolute Gasteiger partial charge is 0.243 e. The number of sulfonamides is 1. The Bertz CT molecular complexity index is 951. The van der Waals surface area contributed by atoms with Crippen molar-refractivity contribution in [1.82, 2.24) is 24.6 Å². The predicted octanol–water partition coefficient (Wildman–Crippen LogP) is 1.57. The van der Waals surface area contributed by atoms with E-state index in [4.69, 9.17) is 4.74 Å². The number of benzene rings is 1. The summed E-state index contributed by atoms with van der Waals surface area (Å²) in [6, 6.07) is 5.16. The van der Waals surface area contributed by atoms with Crippen molar-refractivity contribution in [3.8, 4) is 0 Å². The molecule has 1 aromatic heterocycles. The molecule has 2 heterocycles. The fraction of sp³-hybridized carbons (Fsp3) is 0.632. The highest BCUT2D eigenvalue weighted by Gasteiger charge is 2.32. The van der Waals surface area contributed by atoms with Crippen LogP contribution in [0.5, 0.6) is 0 Å². The minimum absolute atomic E-state index is 0.0397. The normalized spacial score (nSPS) is 17.5. The Labute approximate surface area is 171 Å². The number of hydrogen-bond acceptors (Lipinski definition) is 6. The monoisotopic (exact) mass is 423 g/mol. The summed E-state index contributed by atoms with van der Waals surface area (Å²) in [4.78, 5) is 12.4. The number of hydrogen-bond donors (Lipinski definition) is 1. The van der Waals surface area contributed by atoms with Crippen LogP contribution in [0.1, 0.15) is 39.2 Å². The van der Waals surface area contributed by atoms with Gasteiger partial charge in [-0.05, 0) is 44.4 Å². The standard InChI is InChI=1S/C19H29N5O4S/c1-4-14(2)24-18-6-5-16(13-17(18)21-22-24)29(26,27)23-10-7-15(8-11-23)19(25)20-9-12-28-3/h5-6,13-15H,4,7-12H2,1-3H3,(H,20,25). The third kappa shape index (κ3) is 4.59. The molecule has 1 fully saturated rings. The largest absolute Gasteiger partial charge is 0.383 e. The summed E-state index contributed by atoms with van der Waals surface area (Å²) < 4.78 is 34.3. The number of aromatic nitrogens is 3. The maximum absolute atomic E-state index is 13.1. The van der Waals surface area contributed by atoms with E-state index in [0.717, 1.165) is 11.9 Å². The Balaban J connectivity index is 1.69. The van der Waals surface area contributed by atoms with Crippen LogP contribution in [0.3, 0.4) is 0 Å². The summed E-state index contributed by atoms with van der Waals surface area (Å²) in [6.07, 6.45) is 1.92. The van der Waals surface area contributed by atoms with Gasteiger partial charge in [0.2, 0.25) is 15.9 Å². The molecule has 160 valence electrons. The summed E-state index contributed by atoms with van der Waals surface area (Å²) in [6.45, 7) is 5.69. The molecule has 0 aliphatic carbocycles. The third-order valence-electron chi connectivity index (χ3n) is 5.52. The number of fused-ring (bicyclic) bond motifs is 1. The van der Waals surface area contributed by atoms with Crippen molar-refractivity contribution in [2.45, 2.75) is 44.0 Å². The van der Waals surface area contributed by atoms with Crippen molar-refractivity contribution in [2.75, 3.05) is 33.4 Å². The first-order valence-electron chi connectivity index (χ1n) is 10.00. The number of nitrogens with one attached hydrogen (secondary N) is 1. The predicted molar refractivity (Wildman–Crippen MR) is 109 cm³/mol. The lowest BCUT2D eigenvalue weighted by molar-refractivity contribution is -0.126. The SMILES string of the molecule is CCC(C)n1nnc2cc(S(=O)(=O)N3CCC(C(=O)NCCOC)CC3)ccc21. The van der Waals surface area contributed by atoms with Crippen LogP contribution in [-0.2, 0) is 19.6 Å². The highest BCUT2D eigenvalue weighted by atomic mass is 32.2. The summed E-state index contributed by atoms with van der Waals surface area (Å²) >= 11 is 0. The Morgan fingerprint density at radius 1 is 1.34 bits per heavy atom. The van der Waals surface area contributed by atoms with Gasteiger partial charge in [0.15, 0.2) is 0 Å². The van der Waals surface area contributed by atoms with Crippen molar-refractivity contribution < 1.29 is 17.9 Å². The van der Waals surface area contributed by atoms with E-state index in [1.807, 2.05) is 11.6 Å². The van der Waals surface area contributed by atoms with Crippen LogP contribution in [0.4, 0.5) is 0 Å². The van der Waals surface area contributed by atoms with Crippen LogP contribution in [-0.4, -0.2) is 67.0 Å². The number of nitrogens with zero attached hydrogens (tertiary/aromatic N) is 4. The molecule has 1 amide bonds. The minimum Gasteiger partial charge on any atom is -0.383 e. The van der Waals surface area contributed by atoms with Crippen molar-refractivity contribution in [3.63, 3.8) is 0 Å². The van der Waals surface area contributed by atoms with Crippen molar-refractivity contribution in [2.24, 2.45) is 5.92 Å². The van der Waals surface area contributed by atoms with Gasteiger partial charge in [0, 0.05) is 32.7 Å². The second-order valence-corrected chi connectivity index (χ2v) is 9.34. The van der Waals surface area contributed by atoms with E-state index in [2.05, 4.69) is 22.6 Å². The molecule has 3 rings (SSSR count). The van der Waals surface area contributed by atoms with Crippen LogP contribution < -0.4 is 5.32 Å². The minimum atomic E-state index is -3.64. The van der Waals surface area contributed by atoms with Gasteiger partial charge in [-0.1, -0.05) is 12.1 Å². The molecule has 0 radical (unpaired) electrons. The average molecular weight is 424 g/mol. The first kappa shape index (κ1) is 21.7. The molecule has 10 heteroatoms. The lowest BCUT2D eigenvalue weighted by Crippen LogP contribution is -2.43. The summed E-state index contributed by atoms with van der Waals surface area (Å²) in [5.41, 5.74) is 1.39. The Morgan fingerprint density at radius 3 is 2.72 bits per heavy atom. The number of piperidine rings is 1. The van der Waals surface area contributed by atoms with Gasteiger partial charge in [0.05, 0.1) is 23.1 Å². The van der Waals surface area contributed by atoms with Gasteiger partial charge in [0.1, 0.15) is 5.52 Å². The molecule has 1 N–H and O–H groups in total. The Hall–Kier alpha value is -2.04. The molecular formula is C19H29N5O4S. The van der Waals surface area contributed by atoms with E-state index >= 15 is 0 Å². The van der Waals surface area contributed by atoms with Crippen molar-refractivity contribution in [1.29, 1.82) is 0 Å². The Morgan fingerprint density at radius 2 is 2.07 bits per heavy atom. The summed E-state index contributed by atoms with van der Waals surface area (Å²) in [7, 11) is -2.05. The third-order valence-corrected chi connectivity index (χ3v) is 7.41. The van der Waals surface area contributed by atoms with Crippen molar-refractivity contribution >= 4 is 27.0 Å².